The van der Waals surface area contributed by atoms with Crippen molar-refractivity contribution >= 4 is 0 Å². The summed E-state index contributed by atoms with van der Waals surface area (Å²) < 4.78 is 0. The van der Waals surface area contributed by atoms with Crippen LogP contribution < -0.4 is 5.32 Å². The molecule has 1 fully saturated rings. The Labute approximate surface area is 57.8 Å². The van der Waals surface area contributed by atoms with Gasteiger partial charge in [0.05, 0.1) is 0 Å². The zero-order valence-corrected chi connectivity index (χ0v) is 6.48. The van der Waals surface area contributed by atoms with Crippen LogP contribution in [0.3, 0.4) is 0 Å². The van der Waals surface area contributed by atoms with Crippen LogP contribution in [0.15, 0.2) is 0 Å². The molecule has 1 heteroatoms. The van der Waals surface area contributed by atoms with E-state index in [1.807, 2.05) is 0 Å². The average molecular weight is 127 g/mol. The molecule has 1 nitrogen and oxygen atoms in total. The van der Waals surface area contributed by atoms with E-state index in [2.05, 4.69) is 19.2 Å². The van der Waals surface area contributed by atoms with Crippen LogP contribution in [0.4, 0.5) is 0 Å². The van der Waals surface area contributed by atoms with Crippen molar-refractivity contribution in [2.45, 2.75) is 26.7 Å². The summed E-state index contributed by atoms with van der Waals surface area (Å²) in [4.78, 5) is 0. The van der Waals surface area contributed by atoms with E-state index in [4.69, 9.17) is 0 Å². The van der Waals surface area contributed by atoms with Crippen LogP contribution in [0.2, 0.25) is 0 Å². The van der Waals surface area contributed by atoms with E-state index in [1.165, 1.54) is 25.9 Å². The van der Waals surface area contributed by atoms with Gasteiger partial charge in [-0.05, 0) is 24.9 Å². The van der Waals surface area contributed by atoms with Gasteiger partial charge in [0.1, 0.15) is 0 Å². The van der Waals surface area contributed by atoms with Crippen LogP contribution in [0.1, 0.15) is 26.7 Å². The highest BCUT2D eigenvalue weighted by molar-refractivity contribution is 4.79. The lowest BCUT2D eigenvalue weighted by Crippen LogP contribution is -2.45. The van der Waals surface area contributed by atoms with Gasteiger partial charge in [-0.2, -0.15) is 0 Å². The van der Waals surface area contributed by atoms with Crippen LogP contribution in [-0.4, -0.2) is 13.1 Å². The van der Waals surface area contributed by atoms with Crippen molar-refractivity contribution in [1.29, 1.82) is 0 Å². The Morgan fingerprint density at radius 2 is 1.89 bits per heavy atom. The zero-order valence-electron chi connectivity index (χ0n) is 6.48. The van der Waals surface area contributed by atoms with E-state index in [9.17, 15) is 0 Å². The van der Waals surface area contributed by atoms with Gasteiger partial charge in [0.25, 0.3) is 0 Å². The molecule has 0 radical (unpaired) electrons. The van der Waals surface area contributed by atoms with E-state index in [0.717, 1.165) is 11.8 Å². The molecule has 0 unspecified atom stereocenters. The van der Waals surface area contributed by atoms with Crippen molar-refractivity contribution in [2.75, 3.05) is 13.1 Å². The molecule has 0 atom stereocenters. The number of rotatable bonds is 3. The molecule has 0 amide bonds. The zero-order chi connectivity index (χ0) is 6.69. The molecule has 1 heterocycles. The van der Waals surface area contributed by atoms with E-state index in [-0.39, 0.29) is 0 Å². The molecule has 0 aromatic carbocycles. The SMILES string of the molecule is CCC(CC)C1CNC1. The molecule has 9 heavy (non-hydrogen) atoms. The van der Waals surface area contributed by atoms with Gasteiger partial charge in [-0.25, -0.2) is 0 Å². The van der Waals surface area contributed by atoms with Gasteiger partial charge in [-0.1, -0.05) is 26.7 Å². The largest absolute Gasteiger partial charge is 0.316 e. The molecule has 1 aliphatic rings. The Bertz CT molecular complexity index is 72.6. The quantitative estimate of drug-likeness (QED) is 0.607. The maximum Gasteiger partial charge on any atom is -0.000560 e. The molecule has 1 rings (SSSR count). The third kappa shape index (κ3) is 1.45. The van der Waals surface area contributed by atoms with Crippen LogP contribution in [0.25, 0.3) is 0 Å². The summed E-state index contributed by atoms with van der Waals surface area (Å²) in [5.41, 5.74) is 0. The second-order valence-electron chi connectivity index (χ2n) is 2.99. The Morgan fingerprint density at radius 1 is 1.33 bits per heavy atom. The van der Waals surface area contributed by atoms with Gasteiger partial charge in [0.2, 0.25) is 0 Å². The fraction of sp³-hybridized carbons (Fsp3) is 1.00. The average Bonchev–Trinajstić information content (AvgIpc) is 1.78. The molecular formula is C8H17N. The van der Waals surface area contributed by atoms with Crippen molar-refractivity contribution in [3.05, 3.63) is 0 Å². The normalized spacial score (nSPS) is 20.3. The first-order valence-electron chi connectivity index (χ1n) is 4.09. The summed E-state index contributed by atoms with van der Waals surface area (Å²) in [6.07, 6.45) is 2.73. The third-order valence-electron chi connectivity index (χ3n) is 2.53. The van der Waals surface area contributed by atoms with Gasteiger partial charge in [-0.15, -0.1) is 0 Å². The fourth-order valence-electron chi connectivity index (χ4n) is 1.60. The molecule has 0 aromatic rings. The summed E-state index contributed by atoms with van der Waals surface area (Å²) >= 11 is 0. The smallest absolute Gasteiger partial charge is 0.000560 e. The Kier molecular flexibility index (Phi) is 2.52. The highest BCUT2D eigenvalue weighted by Gasteiger charge is 2.23. The summed E-state index contributed by atoms with van der Waals surface area (Å²) in [6.45, 7) is 7.14. The van der Waals surface area contributed by atoms with E-state index in [1.54, 1.807) is 0 Å². The molecule has 0 spiro atoms. The van der Waals surface area contributed by atoms with Crippen molar-refractivity contribution in [2.24, 2.45) is 11.8 Å². The number of hydrogen-bond acceptors (Lipinski definition) is 1. The third-order valence-corrected chi connectivity index (χ3v) is 2.53. The lowest BCUT2D eigenvalue weighted by atomic mass is 9.84. The highest BCUT2D eigenvalue weighted by Crippen LogP contribution is 2.22. The minimum Gasteiger partial charge on any atom is -0.316 e. The summed E-state index contributed by atoms with van der Waals surface area (Å²) in [6, 6.07) is 0. The number of nitrogens with one attached hydrogen (secondary N) is 1. The Balaban J connectivity index is 2.19. The molecule has 54 valence electrons. The van der Waals surface area contributed by atoms with E-state index in [0.29, 0.717) is 0 Å². The molecule has 0 bridgehead atoms. The van der Waals surface area contributed by atoms with Crippen molar-refractivity contribution in [3.8, 4) is 0 Å². The molecule has 1 aliphatic heterocycles. The van der Waals surface area contributed by atoms with Gasteiger partial charge in [0.15, 0.2) is 0 Å². The van der Waals surface area contributed by atoms with Crippen LogP contribution in [0, 0.1) is 11.8 Å². The molecule has 1 N–H and O–H groups in total. The van der Waals surface area contributed by atoms with Gasteiger partial charge >= 0.3 is 0 Å². The molecule has 1 saturated heterocycles. The first-order chi connectivity index (χ1) is 4.38. The molecule has 0 saturated carbocycles. The minimum atomic E-state index is 0.992. The predicted molar refractivity (Wildman–Crippen MR) is 40.4 cm³/mol. The van der Waals surface area contributed by atoms with Crippen molar-refractivity contribution in [1.82, 2.24) is 5.32 Å². The molecule has 0 aliphatic carbocycles. The Hall–Kier alpha value is -0.0400. The standard InChI is InChI=1S/C8H17N/c1-3-7(4-2)8-5-9-6-8/h7-9H,3-6H2,1-2H3. The predicted octanol–water partition coefficient (Wildman–Crippen LogP) is 1.64. The van der Waals surface area contributed by atoms with Gasteiger partial charge in [-0.3, -0.25) is 0 Å². The summed E-state index contributed by atoms with van der Waals surface area (Å²) in [7, 11) is 0. The van der Waals surface area contributed by atoms with Crippen LogP contribution in [-0.2, 0) is 0 Å². The molecular weight excluding hydrogens is 110 g/mol. The number of hydrogen-bond donors (Lipinski definition) is 1. The van der Waals surface area contributed by atoms with E-state index >= 15 is 0 Å². The van der Waals surface area contributed by atoms with E-state index < -0.39 is 0 Å². The molecule has 0 aromatic heterocycles. The first kappa shape index (κ1) is 7.07. The fourth-order valence-corrected chi connectivity index (χ4v) is 1.60. The topological polar surface area (TPSA) is 12.0 Å². The first-order valence-corrected chi connectivity index (χ1v) is 4.09. The maximum atomic E-state index is 3.31. The Morgan fingerprint density at radius 3 is 2.00 bits per heavy atom. The second-order valence-corrected chi connectivity index (χ2v) is 2.99. The summed E-state index contributed by atoms with van der Waals surface area (Å²) in [5.74, 6) is 1.99. The lowest BCUT2D eigenvalue weighted by Gasteiger charge is -2.33. The maximum absolute atomic E-state index is 3.31. The van der Waals surface area contributed by atoms with Crippen LogP contribution >= 0.6 is 0 Å². The summed E-state index contributed by atoms with van der Waals surface area (Å²) in [5, 5.41) is 3.31. The van der Waals surface area contributed by atoms with Crippen molar-refractivity contribution < 1.29 is 0 Å². The van der Waals surface area contributed by atoms with Gasteiger partial charge < -0.3 is 5.32 Å². The van der Waals surface area contributed by atoms with Gasteiger partial charge in [0, 0.05) is 0 Å². The monoisotopic (exact) mass is 127 g/mol. The van der Waals surface area contributed by atoms with Crippen molar-refractivity contribution in [3.63, 3.8) is 0 Å². The minimum absolute atomic E-state index is 0.992. The lowest BCUT2D eigenvalue weighted by molar-refractivity contribution is 0.222. The second kappa shape index (κ2) is 3.21. The van der Waals surface area contributed by atoms with Crippen LogP contribution in [0.5, 0.6) is 0 Å². The highest BCUT2D eigenvalue weighted by atomic mass is 14.9.